The number of hydrogen-bond acceptors (Lipinski definition) is 4. The van der Waals surface area contributed by atoms with Crippen LogP contribution in [-0.4, -0.2) is 67.3 Å². The Hall–Kier alpha value is -0.650. The van der Waals surface area contributed by atoms with Crippen LogP contribution < -0.4 is 5.32 Å². The first-order valence-corrected chi connectivity index (χ1v) is 7.09. The van der Waals surface area contributed by atoms with E-state index in [-0.39, 0.29) is 18.1 Å². The standard InChI is InChI=1S/C13H25N3O2/c1-3-12-14-11(2)13(17)16(12)6-4-5-15-7-9-18-10-8-15/h11-12,14H,3-10H2,1-2H3. The Labute approximate surface area is 109 Å². The van der Waals surface area contributed by atoms with Gasteiger partial charge in [0.15, 0.2) is 0 Å². The number of nitrogens with zero attached hydrogens (tertiary/aromatic N) is 2. The van der Waals surface area contributed by atoms with E-state index in [2.05, 4.69) is 17.1 Å². The van der Waals surface area contributed by atoms with Crippen molar-refractivity contribution in [2.24, 2.45) is 0 Å². The Morgan fingerprint density at radius 3 is 2.72 bits per heavy atom. The smallest absolute Gasteiger partial charge is 0.240 e. The molecule has 1 N–H and O–H groups in total. The first-order chi connectivity index (χ1) is 8.72. The molecular weight excluding hydrogens is 230 g/mol. The molecule has 2 saturated heterocycles. The van der Waals surface area contributed by atoms with E-state index in [4.69, 9.17) is 4.74 Å². The van der Waals surface area contributed by atoms with Gasteiger partial charge in [-0.1, -0.05) is 6.92 Å². The first-order valence-electron chi connectivity index (χ1n) is 7.09. The molecule has 0 aromatic heterocycles. The van der Waals surface area contributed by atoms with Crippen molar-refractivity contribution in [1.82, 2.24) is 15.1 Å². The quantitative estimate of drug-likeness (QED) is 0.766. The van der Waals surface area contributed by atoms with E-state index < -0.39 is 0 Å². The molecule has 0 radical (unpaired) electrons. The number of carbonyl (C=O) groups is 1. The Morgan fingerprint density at radius 2 is 2.06 bits per heavy atom. The summed E-state index contributed by atoms with van der Waals surface area (Å²) >= 11 is 0. The molecule has 0 bridgehead atoms. The van der Waals surface area contributed by atoms with Crippen LogP contribution in [0.25, 0.3) is 0 Å². The van der Waals surface area contributed by atoms with Crippen LogP contribution in [0.4, 0.5) is 0 Å². The lowest BCUT2D eigenvalue weighted by Gasteiger charge is -2.28. The average molecular weight is 255 g/mol. The van der Waals surface area contributed by atoms with E-state index in [0.717, 1.165) is 52.2 Å². The summed E-state index contributed by atoms with van der Waals surface area (Å²) in [6.07, 6.45) is 2.27. The third-order valence-electron chi connectivity index (χ3n) is 3.84. The molecule has 5 nitrogen and oxygen atoms in total. The number of ether oxygens (including phenoxy) is 1. The summed E-state index contributed by atoms with van der Waals surface area (Å²) in [5.74, 6) is 0.254. The Bertz CT molecular complexity index is 279. The van der Waals surface area contributed by atoms with Crippen molar-refractivity contribution in [1.29, 1.82) is 0 Å². The van der Waals surface area contributed by atoms with Gasteiger partial charge in [0, 0.05) is 26.2 Å². The van der Waals surface area contributed by atoms with Crippen molar-refractivity contribution < 1.29 is 9.53 Å². The van der Waals surface area contributed by atoms with E-state index in [1.54, 1.807) is 0 Å². The van der Waals surface area contributed by atoms with Crippen LogP contribution in [-0.2, 0) is 9.53 Å². The van der Waals surface area contributed by atoms with Gasteiger partial charge in [-0.3, -0.25) is 15.0 Å². The second-order valence-corrected chi connectivity index (χ2v) is 5.15. The van der Waals surface area contributed by atoms with Crippen molar-refractivity contribution in [3.63, 3.8) is 0 Å². The summed E-state index contributed by atoms with van der Waals surface area (Å²) < 4.78 is 5.33. The van der Waals surface area contributed by atoms with Gasteiger partial charge in [-0.2, -0.15) is 0 Å². The fourth-order valence-electron chi connectivity index (χ4n) is 2.75. The van der Waals surface area contributed by atoms with E-state index >= 15 is 0 Å². The topological polar surface area (TPSA) is 44.8 Å². The van der Waals surface area contributed by atoms with Crippen molar-refractivity contribution in [3.05, 3.63) is 0 Å². The molecule has 2 fully saturated rings. The lowest BCUT2D eigenvalue weighted by Crippen LogP contribution is -2.41. The van der Waals surface area contributed by atoms with Gasteiger partial charge in [-0.05, 0) is 19.8 Å². The van der Waals surface area contributed by atoms with Gasteiger partial charge < -0.3 is 9.64 Å². The molecule has 5 heteroatoms. The van der Waals surface area contributed by atoms with E-state index in [1.165, 1.54) is 0 Å². The molecule has 2 heterocycles. The zero-order valence-electron chi connectivity index (χ0n) is 11.5. The average Bonchev–Trinajstić information content (AvgIpc) is 2.67. The molecule has 2 aliphatic rings. The number of amides is 1. The molecular formula is C13H25N3O2. The van der Waals surface area contributed by atoms with Crippen LogP contribution in [0, 0.1) is 0 Å². The lowest BCUT2D eigenvalue weighted by atomic mass is 10.3. The van der Waals surface area contributed by atoms with E-state index in [0.29, 0.717) is 0 Å². The molecule has 104 valence electrons. The van der Waals surface area contributed by atoms with Gasteiger partial charge in [0.05, 0.1) is 25.4 Å². The normalized spacial score (nSPS) is 30.1. The number of hydrogen-bond donors (Lipinski definition) is 1. The lowest BCUT2D eigenvalue weighted by molar-refractivity contribution is -0.129. The number of carbonyl (C=O) groups excluding carboxylic acids is 1. The minimum Gasteiger partial charge on any atom is -0.379 e. The van der Waals surface area contributed by atoms with Crippen molar-refractivity contribution in [2.75, 3.05) is 39.4 Å². The van der Waals surface area contributed by atoms with E-state index in [9.17, 15) is 4.79 Å². The van der Waals surface area contributed by atoms with Crippen LogP contribution in [0.2, 0.25) is 0 Å². The highest BCUT2D eigenvalue weighted by atomic mass is 16.5. The highest BCUT2D eigenvalue weighted by Gasteiger charge is 2.34. The first kappa shape index (κ1) is 13.8. The molecule has 0 aliphatic carbocycles. The van der Waals surface area contributed by atoms with Gasteiger partial charge in [0.2, 0.25) is 5.91 Å². The van der Waals surface area contributed by atoms with Gasteiger partial charge in [0.1, 0.15) is 0 Å². The fourth-order valence-corrected chi connectivity index (χ4v) is 2.75. The highest BCUT2D eigenvalue weighted by molar-refractivity contribution is 5.83. The van der Waals surface area contributed by atoms with Crippen molar-refractivity contribution in [3.8, 4) is 0 Å². The van der Waals surface area contributed by atoms with Crippen LogP contribution in [0.5, 0.6) is 0 Å². The third-order valence-corrected chi connectivity index (χ3v) is 3.84. The van der Waals surface area contributed by atoms with Crippen molar-refractivity contribution in [2.45, 2.75) is 38.9 Å². The van der Waals surface area contributed by atoms with E-state index in [1.807, 2.05) is 11.8 Å². The molecule has 2 aliphatic heterocycles. The molecule has 0 saturated carbocycles. The Morgan fingerprint density at radius 1 is 1.33 bits per heavy atom. The van der Waals surface area contributed by atoms with Crippen molar-refractivity contribution >= 4 is 5.91 Å². The SMILES string of the molecule is CCC1NC(C)C(=O)N1CCCN1CCOCC1. The monoisotopic (exact) mass is 255 g/mol. The molecule has 1 amide bonds. The summed E-state index contributed by atoms with van der Waals surface area (Å²) in [5.41, 5.74) is 0. The molecule has 0 aromatic rings. The largest absolute Gasteiger partial charge is 0.379 e. The Kier molecular flexibility index (Phi) is 4.97. The van der Waals surface area contributed by atoms with Gasteiger partial charge in [-0.25, -0.2) is 0 Å². The number of rotatable bonds is 5. The molecule has 2 unspecified atom stereocenters. The molecule has 18 heavy (non-hydrogen) atoms. The maximum absolute atomic E-state index is 12.0. The maximum atomic E-state index is 12.0. The minimum atomic E-state index is -0.0154. The zero-order chi connectivity index (χ0) is 13.0. The summed E-state index contributed by atoms with van der Waals surface area (Å²) in [4.78, 5) is 16.4. The molecule has 2 rings (SSSR count). The summed E-state index contributed by atoms with van der Waals surface area (Å²) in [6, 6.07) is -0.0154. The maximum Gasteiger partial charge on any atom is 0.240 e. The molecule has 0 aromatic carbocycles. The predicted molar refractivity (Wildman–Crippen MR) is 70.3 cm³/mol. The second kappa shape index (κ2) is 6.50. The number of morpholine rings is 1. The van der Waals surface area contributed by atoms with Crippen LogP contribution in [0.1, 0.15) is 26.7 Å². The Balaban J connectivity index is 1.73. The predicted octanol–water partition coefficient (Wildman–Crippen LogP) is 0.265. The molecule has 0 spiro atoms. The van der Waals surface area contributed by atoms with Gasteiger partial charge in [0.25, 0.3) is 0 Å². The third kappa shape index (κ3) is 3.22. The highest BCUT2D eigenvalue weighted by Crippen LogP contribution is 2.13. The van der Waals surface area contributed by atoms with Crippen LogP contribution in [0.3, 0.4) is 0 Å². The fraction of sp³-hybridized carbons (Fsp3) is 0.923. The number of nitrogens with one attached hydrogen (secondary N) is 1. The summed E-state index contributed by atoms with van der Waals surface area (Å²) in [7, 11) is 0. The van der Waals surface area contributed by atoms with Crippen LogP contribution in [0.15, 0.2) is 0 Å². The van der Waals surface area contributed by atoms with Gasteiger partial charge >= 0.3 is 0 Å². The van der Waals surface area contributed by atoms with Gasteiger partial charge in [-0.15, -0.1) is 0 Å². The molecule has 2 atom stereocenters. The zero-order valence-corrected chi connectivity index (χ0v) is 11.5. The summed E-state index contributed by atoms with van der Waals surface area (Å²) in [5, 5.41) is 3.33. The van der Waals surface area contributed by atoms with Crippen LogP contribution >= 0.6 is 0 Å². The second-order valence-electron chi connectivity index (χ2n) is 5.15. The minimum absolute atomic E-state index is 0.0154. The summed E-state index contributed by atoms with van der Waals surface area (Å²) in [6.45, 7) is 9.76.